The van der Waals surface area contributed by atoms with Gasteiger partial charge in [-0.1, -0.05) is 0 Å². The Kier molecular flexibility index (Phi) is 7.41. The SMILES string of the molecule is COc1ccc(C(=C=O)C(c2cc(OC)c(OC)c(OC)c2)N(C)C)cc1[N+](=O)[O-]. The van der Waals surface area contributed by atoms with E-state index in [1.54, 1.807) is 37.2 Å². The van der Waals surface area contributed by atoms with Crippen LogP contribution in [0, 0.1) is 10.1 Å². The van der Waals surface area contributed by atoms with Crippen molar-refractivity contribution in [3.8, 4) is 23.0 Å². The van der Waals surface area contributed by atoms with Crippen LogP contribution in [0.3, 0.4) is 0 Å². The molecule has 0 aliphatic heterocycles. The number of nitro groups is 1. The van der Waals surface area contributed by atoms with Gasteiger partial charge in [-0.25, -0.2) is 4.79 Å². The second-order valence-electron chi connectivity index (χ2n) is 6.48. The number of ether oxygens (including phenoxy) is 4. The van der Waals surface area contributed by atoms with Gasteiger partial charge in [0, 0.05) is 6.07 Å². The van der Waals surface area contributed by atoms with Crippen molar-refractivity contribution >= 4 is 17.2 Å². The van der Waals surface area contributed by atoms with Gasteiger partial charge < -0.3 is 18.9 Å². The predicted molar refractivity (Wildman–Crippen MR) is 111 cm³/mol. The van der Waals surface area contributed by atoms with E-state index in [1.807, 2.05) is 5.94 Å². The number of benzene rings is 2. The minimum atomic E-state index is -0.593. The third-order valence-corrected chi connectivity index (χ3v) is 4.59. The number of methoxy groups -OCH3 is 4. The molecule has 0 aromatic heterocycles. The highest BCUT2D eigenvalue weighted by atomic mass is 16.6. The van der Waals surface area contributed by atoms with Crippen LogP contribution in [0.1, 0.15) is 17.2 Å². The molecule has 0 saturated heterocycles. The molecule has 30 heavy (non-hydrogen) atoms. The number of carbonyl (C=O) groups excluding carboxylic acids is 1. The lowest BCUT2D eigenvalue weighted by molar-refractivity contribution is -0.385. The summed E-state index contributed by atoms with van der Waals surface area (Å²) in [4.78, 5) is 24.7. The molecule has 9 nitrogen and oxygen atoms in total. The predicted octanol–water partition coefficient (Wildman–Crippen LogP) is 3.15. The number of hydrogen-bond donors (Lipinski definition) is 0. The molecule has 0 radical (unpaired) electrons. The zero-order valence-corrected chi connectivity index (χ0v) is 17.7. The topological polar surface area (TPSA) is 100 Å². The Morgan fingerprint density at radius 2 is 1.53 bits per heavy atom. The maximum atomic E-state index is 12.0. The van der Waals surface area contributed by atoms with Gasteiger partial charge in [-0.2, -0.15) is 0 Å². The van der Waals surface area contributed by atoms with Gasteiger partial charge in [-0.3, -0.25) is 15.0 Å². The summed E-state index contributed by atoms with van der Waals surface area (Å²) in [5.74, 6) is 3.31. The maximum absolute atomic E-state index is 12.0. The van der Waals surface area contributed by atoms with E-state index in [-0.39, 0.29) is 17.0 Å². The van der Waals surface area contributed by atoms with Crippen molar-refractivity contribution in [2.75, 3.05) is 42.5 Å². The number of nitro benzene ring substituents is 1. The van der Waals surface area contributed by atoms with Crippen LogP contribution >= 0.6 is 0 Å². The Labute approximate surface area is 174 Å². The van der Waals surface area contributed by atoms with Gasteiger partial charge in [0.2, 0.25) is 5.75 Å². The van der Waals surface area contributed by atoms with Crippen LogP contribution < -0.4 is 18.9 Å². The Morgan fingerprint density at radius 1 is 0.967 bits per heavy atom. The summed E-state index contributed by atoms with van der Waals surface area (Å²) in [6.07, 6.45) is 0. The van der Waals surface area contributed by atoms with Crippen molar-refractivity contribution in [3.05, 3.63) is 51.6 Å². The average Bonchev–Trinajstić information content (AvgIpc) is 2.75. The zero-order valence-electron chi connectivity index (χ0n) is 17.7. The lowest BCUT2D eigenvalue weighted by Gasteiger charge is -2.27. The van der Waals surface area contributed by atoms with E-state index in [0.717, 1.165) is 0 Å². The molecule has 0 amide bonds. The molecule has 0 bridgehead atoms. The van der Waals surface area contributed by atoms with Crippen molar-refractivity contribution in [2.24, 2.45) is 0 Å². The smallest absolute Gasteiger partial charge is 0.311 e. The first-order chi connectivity index (χ1) is 14.3. The highest BCUT2D eigenvalue weighted by Crippen LogP contribution is 2.43. The molecule has 0 fully saturated rings. The van der Waals surface area contributed by atoms with Crippen LogP contribution in [0.15, 0.2) is 30.3 Å². The Balaban J connectivity index is 2.69. The first-order valence-electron chi connectivity index (χ1n) is 8.87. The van der Waals surface area contributed by atoms with Crippen LogP contribution in [0.25, 0.3) is 5.57 Å². The molecule has 0 aliphatic rings. The van der Waals surface area contributed by atoms with Gasteiger partial charge in [-0.05, 0) is 49.5 Å². The van der Waals surface area contributed by atoms with E-state index in [9.17, 15) is 14.9 Å². The molecule has 2 aromatic carbocycles. The lowest BCUT2D eigenvalue weighted by atomic mass is 9.92. The molecule has 0 spiro atoms. The van der Waals surface area contributed by atoms with Gasteiger partial charge in [0.15, 0.2) is 17.2 Å². The molecule has 2 rings (SSSR count). The molecule has 0 aliphatic carbocycles. The van der Waals surface area contributed by atoms with E-state index in [0.29, 0.717) is 28.4 Å². The van der Waals surface area contributed by atoms with Gasteiger partial charge >= 0.3 is 5.69 Å². The Morgan fingerprint density at radius 3 is 1.93 bits per heavy atom. The van der Waals surface area contributed by atoms with Crippen LogP contribution in [-0.2, 0) is 4.79 Å². The Hall–Kier alpha value is -3.55. The summed E-state index contributed by atoms with van der Waals surface area (Å²) in [5.41, 5.74) is 0.974. The monoisotopic (exact) mass is 416 g/mol. The molecule has 160 valence electrons. The number of nitrogens with zero attached hydrogens (tertiary/aromatic N) is 2. The number of hydrogen-bond acceptors (Lipinski definition) is 8. The molecule has 1 atom stereocenters. The third kappa shape index (κ3) is 4.37. The molecule has 1 unspecified atom stereocenters. The number of rotatable bonds is 9. The van der Waals surface area contributed by atoms with E-state index in [1.165, 1.54) is 40.6 Å². The summed E-state index contributed by atoms with van der Waals surface area (Å²) in [7, 11) is 9.39. The fraction of sp³-hybridized carbons (Fsp3) is 0.333. The minimum absolute atomic E-state index is 0.100. The highest BCUT2D eigenvalue weighted by molar-refractivity contribution is 5.91. The summed E-state index contributed by atoms with van der Waals surface area (Å²) in [5, 5.41) is 11.4. The van der Waals surface area contributed by atoms with Gasteiger partial charge in [-0.15, -0.1) is 0 Å². The van der Waals surface area contributed by atoms with Crippen molar-refractivity contribution in [2.45, 2.75) is 6.04 Å². The molecular formula is C21H24N2O7. The zero-order chi connectivity index (χ0) is 22.4. The van der Waals surface area contributed by atoms with Crippen molar-refractivity contribution in [1.82, 2.24) is 4.90 Å². The van der Waals surface area contributed by atoms with E-state index < -0.39 is 11.0 Å². The molecule has 0 N–H and O–H groups in total. The summed E-state index contributed by atoms with van der Waals surface area (Å²) >= 11 is 0. The van der Waals surface area contributed by atoms with Crippen LogP contribution in [0.4, 0.5) is 5.69 Å². The average molecular weight is 416 g/mol. The lowest BCUT2D eigenvalue weighted by Crippen LogP contribution is -2.22. The van der Waals surface area contributed by atoms with Gasteiger partial charge in [0.05, 0.1) is 45.0 Å². The van der Waals surface area contributed by atoms with Crippen LogP contribution in [0.5, 0.6) is 23.0 Å². The van der Waals surface area contributed by atoms with Gasteiger partial charge in [0.1, 0.15) is 5.94 Å². The fourth-order valence-corrected chi connectivity index (χ4v) is 3.26. The Bertz CT molecular complexity index is 956. The van der Waals surface area contributed by atoms with Crippen molar-refractivity contribution in [1.29, 1.82) is 0 Å². The largest absolute Gasteiger partial charge is 0.493 e. The summed E-state index contributed by atoms with van der Waals surface area (Å²) < 4.78 is 21.2. The van der Waals surface area contributed by atoms with Gasteiger partial charge in [0.25, 0.3) is 0 Å². The summed E-state index contributed by atoms with van der Waals surface area (Å²) in [6.45, 7) is 0. The van der Waals surface area contributed by atoms with Crippen LogP contribution in [0.2, 0.25) is 0 Å². The molecular weight excluding hydrogens is 392 g/mol. The van der Waals surface area contributed by atoms with E-state index in [2.05, 4.69) is 0 Å². The van der Waals surface area contributed by atoms with Crippen molar-refractivity contribution in [3.63, 3.8) is 0 Å². The fourth-order valence-electron chi connectivity index (χ4n) is 3.26. The second-order valence-corrected chi connectivity index (χ2v) is 6.48. The second kappa shape index (κ2) is 9.78. The molecule has 9 heteroatoms. The van der Waals surface area contributed by atoms with Crippen LogP contribution in [-0.4, -0.2) is 58.3 Å². The highest BCUT2D eigenvalue weighted by Gasteiger charge is 2.27. The first kappa shape index (κ1) is 22.7. The summed E-state index contributed by atoms with van der Waals surface area (Å²) in [6, 6.07) is 7.19. The molecule has 2 aromatic rings. The maximum Gasteiger partial charge on any atom is 0.311 e. The molecule has 0 saturated carbocycles. The standard InChI is InChI=1S/C21H24N2O7/c1-22(2)20(14-10-18(28-4)21(30-6)19(11-14)29-5)15(12-24)13-7-8-17(27-3)16(9-13)23(25)26/h7-11,20H,1-6H3. The minimum Gasteiger partial charge on any atom is -0.493 e. The molecule has 0 heterocycles. The third-order valence-electron chi connectivity index (χ3n) is 4.59. The number of likely N-dealkylation sites (N-methyl/N-ethyl adjacent to an activating group) is 1. The quantitative estimate of drug-likeness (QED) is 0.349. The normalized spacial score (nSPS) is 11.4. The van der Waals surface area contributed by atoms with E-state index in [4.69, 9.17) is 18.9 Å². The first-order valence-corrected chi connectivity index (χ1v) is 8.87. The van der Waals surface area contributed by atoms with Crippen molar-refractivity contribution < 1.29 is 28.7 Å². The van der Waals surface area contributed by atoms with E-state index >= 15 is 0 Å².